The van der Waals surface area contributed by atoms with Crippen molar-refractivity contribution in [3.05, 3.63) is 64.3 Å². The van der Waals surface area contributed by atoms with E-state index in [4.69, 9.17) is 14.9 Å². The number of anilines is 4. The Hall–Kier alpha value is -4.34. The van der Waals surface area contributed by atoms with Gasteiger partial charge < -0.3 is 25.5 Å². The number of oxazole rings is 1. The smallest absolute Gasteiger partial charge is 0.417 e. The van der Waals surface area contributed by atoms with E-state index >= 15 is 0 Å². The molecule has 0 fully saturated rings. The highest BCUT2D eigenvalue weighted by Gasteiger charge is 2.27. The molecule has 2 aromatic heterocycles. The fraction of sp³-hybridized carbons (Fsp3) is 0.217. The van der Waals surface area contributed by atoms with Crippen molar-refractivity contribution in [1.82, 2.24) is 15.0 Å². The second kappa shape index (κ2) is 8.30. The molecule has 2 aromatic carbocycles. The van der Waals surface area contributed by atoms with Crippen molar-refractivity contribution in [3.8, 4) is 5.75 Å². The van der Waals surface area contributed by atoms with Gasteiger partial charge in [-0.05, 0) is 57.5 Å². The van der Waals surface area contributed by atoms with Crippen molar-refractivity contribution in [2.75, 3.05) is 10.6 Å². The number of carbonyl (C=O) groups is 1. The number of amides is 1. The van der Waals surface area contributed by atoms with Gasteiger partial charge in [-0.25, -0.2) is 9.78 Å². The number of aryl methyl sites for hydroxylation is 2. The lowest BCUT2D eigenvalue weighted by molar-refractivity contribution is -0.130. The van der Waals surface area contributed by atoms with E-state index in [9.17, 15) is 9.59 Å². The quantitative estimate of drug-likeness (QED) is 0.335. The third-order valence-corrected chi connectivity index (χ3v) is 5.06. The Balaban J connectivity index is 1.57. The molecule has 0 atom stereocenters. The number of benzene rings is 2. The number of H-pyrrole nitrogens is 1. The molecule has 0 saturated heterocycles. The van der Waals surface area contributed by atoms with Gasteiger partial charge in [-0.2, -0.15) is 4.98 Å². The van der Waals surface area contributed by atoms with Gasteiger partial charge >= 0.3 is 5.76 Å². The molecule has 2 heterocycles. The highest BCUT2D eigenvalue weighted by atomic mass is 16.5. The predicted octanol–water partition coefficient (Wildman–Crippen LogP) is 3.66. The number of hydrogen-bond donors (Lipinski definition) is 4. The number of rotatable bonds is 7. The van der Waals surface area contributed by atoms with Gasteiger partial charge in [0.25, 0.3) is 5.91 Å². The summed E-state index contributed by atoms with van der Waals surface area (Å²) in [6.07, 6.45) is 1.69. The van der Waals surface area contributed by atoms with Crippen LogP contribution in [0.25, 0.3) is 11.1 Å². The molecule has 0 radical (unpaired) electrons. The zero-order valence-electron chi connectivity index (χ0n) is 18.6. The summed E-state index contributed by atoms with van der Waals surface area (Å²) >= 11 is 0. The topological polar surface area (TPSA) is 148 Å². The number of aromatic amines is 1. The van der Waals surface area contributed by atoms with E-state index in [1.54, 1.807) is 44.3 Å². The van der Waals surface area contributed by atoms with Crippen molar-refractivity contribution in [2.24, 2.45) is 5.73 Å². The van der Waals surface area contributed by atoms with E-state index in [1.807, 2.05) is 26.0 Å². The third-order valence-electron chi connectivity index (χ3n) is 5.06. The van der Waals surface area contributed by atoms with Crippen molar-refractivity contribution < 1.29 is 13.9 Å². The van der Waals surface area contributed by atoms with Gasteiger partial charge in [0.1, 0.15) is 11.6 Å². The average Bonchev–Trinajstić information content (AvgIpc) is 3.12. The second-order valence-corrected chi connectivity index (χ2v) is 8.16. The monoisotopic (exact) mass is 448 g/mol. The lowest BCUT2D eigenvalue weighted by Gasteiger charge is -2.24. The Morgan fingerprint density at radius 2 is 1.82 bits per heavy atom. The van der Waals surface area contributed by atoms with Gasteiger partial charge in [-0.15, -0.1) is 0 Å². The normalized spacial score (nSPS) is 11.4. The number of fused-ring (bicyclic) bond motifs is 1. The first-order chi connectivity index (χ1) is 15.6. The van der Waals surface area contributed by atoms with E-state index in [1.165, 1.54) is 0 Å². The molecule has 4 aromatic rings. The van der Waals surface area contributed by atoms with E-state index < -0.39 is 17.3 Å². The van der Waals surface area contributed by atoms with Crippen molar-refractivity contribution >= 4 is 40.1 Å². The van der Waals surface area contributed by atoms with Gasteiger partial charge in [0.05, 0.1) is 5.52 Å². The predicted molar refractivity (Wildman–Crippen MR) is 125 cm³/mol. The van der Waals surface area contributed by atoms with Crippen LogP contribution in [0.2, 0.25) is 0 Å². The molecule has 0 aliphatic heterocycles. The highest BCUT2D eigenvalue weighted by Crippen LogP contribution is 2.28. The maximum Gasteiger partial charge on any atom is 0.417 e. The lowest BCUT2D eigenvalue weighted by atomic mass is 10.1. The number of nitrogens with zero attached hydrogens (tertiary/aromatic N) is 2. The molecule has 0 aliphatic rings. The molecule has 10 nitrogen and oxygen atoms in total. The van der Waals surface area contributed by atoms with Gasteiger partial charge in [-0.3, -0.25) is 9.78 Å². The second-order valence-electron chi connectivity index (χ2n) is 8.16. The average molecular weight is 448 g/mol. The van der Waals surface area contributed by atoms with Crippen LogP contribution in [0.5, 0.6) is 5.75 Å². The van der Waals surface area contributed by atoms with E-state index in [2.05, 4.69) is 25.6 Å². The molecule has 10 heteroatoms. The molecular formula is C23H24N6O4. The Morgan fingerprint density at radius 1 is 1.09 bits per heavy atom. The largest absolute Gasteiger partial charge is 0.478 e. The minimum atomic E-state index is -1.15. The van der Waals surface area contributed by atoms with Crippen LogP contribution >= 0.6 is 0 Å². The summed E-state index contributed by atoms with van der Waals surface area (Å²) < 4.78 is 10.9. The molecule has 1 amide bonds. The van der Waals surface area contributed by atoms with Crippen LogP contribution in [0.4, 0.5) is 23.1 Å². The molecule has 170 valence electrons. The Morgan fingerprint density at radius 3 is 2.58 bits per heavy atom. The SMILES string of the molecule is Cc1ccc(Nc2ncc(C)c(Nc3ccc4oc(=O)[nH]c4c3)n2)cc1OC(C)(C)C(N)=O. The van der Waals surface area contributed by atoms with Crippen molar-refractivity contribution in [2.45, 2.75) is 33.3 Å². The van der Waals surface area contributed by atoms with Gasteiger partial charge in [-0.1, -0.05) is 6.07 Å². The maximum absolute atomic E-state index is 11.6. The number of carbonyl (C=O) groups excluding carboxylic acids is 1. The molecular weight excluding hydrogens is 424 g/mol. The Bertz CT molecular complexity index is 1410. The fourth-order valence-electron chi connectivity index (χ4n) is 3.04. The summed E-state index contributed by atoms with van der Waals surface area (Å²) in [5, 5.41) is 6.38. The van der Waals surface area contributed by atoms with Crippen LogP contribution in [-0.4, -0.2) is 26.5 Å². The molecule has 0 saturated carbocycles. The first-order valence-corrected chi connectivity index (χ1v) is 10.2. The number of primary amides is 1. The number of ether oxygens (including phenoxy) is 1. The minimum Gasteiger partial charge on any atom is -0.478 e. The van der Waals surface area contributed by atoms with E-state index in [0.29, 0.717) is 34.3 Å². The molecule has 0 unspecified atom stereocenters. The fourth-order valence-corrected chi connectivity index (χ4v) is 3.04. The summed E-state index contributed by atoms with van der Waals surface area (Å²) in [7, 11) is 0. The summed E-state index contributed by atoms with van der Waals surface area (Å²) in [4.78, 5) is 34.6. The van der Waals surface area contributed by atoms with Crippen LogP contribution in [0.1, 0.15) is 25.0 Å². The van der Waals surface area contributed by atoms with Gasteiger partial charge in [0.2, 0.25) is 5.95 Å². The molecule has 0 spiro atoms. The van der Waals surface area contributed by atoms with Crippen LogP contribution in [0.3, 0.4) is 0 Å². The third kappa shape index (κ3) is 4.79. The lowest BCUT2D eigenvalue weighted by Crippen LogP contribution is -2.43. The number of nitrogens with two attached hydrogens (primary N) is 1. The minimum absolute atomic E-state index is 0.366. The van der Waals surface area contributed by atoms with Crippen LogP contribution < -0.4 is 26.9 Å². The Labute approximate surface area is 189 Å². The highest BCUT2D eigenvalue weighted by molar-refractivity contribution is 5.83. The zero-order valence-corrected chi connectivity index (χ0v) is 18.6. The zero-order chi connectivity index (χ0) is 23.8. The first-order valence-electron chi connectivity index (χ1n) is 10.2. The van der Waals surface area contributed by atoms with Crippen molar-refractivity contribution in [3.63, 3.8) is 0 Å². The summed E-state index contributed by atoms with van der Waals surface area (Å²) in [5.74, 6) is 0.417. The maximum atomic E-state index is 11.6. The number of hydrogen-bond acceptors (Lipinski definition) is 8. The first kappa shape index (κ1) is 21.9. The molecule has 33 heavy (non-hydrogen) atoms. The number of nitrogens with one attached hydrogen (secondary N) is 3. The Kier molecular flexibility index (Phi) is 5.50. The number of aromatic nitrogens is 3. The van der Waals surface area contributed by atoms with Gasteiger partial charge in [0.15, 0.2) is 11.2 Å². The summed E-state index contributed by atoms with van der Waals surface area (Å²) in [5.41, 5.74) is 8.43. The van der Waals surface area contributed by atoms with E-state index in [0.717, 1.165) is 16.8 Å². The standard InChI is InChI=1S/C23H24N6O4/c1-12-5-6-15(10-18(12)33-23(3,4)20(24)30)27-21-25-11-13(2)19(29-21)26-14-7-8-17-16(9-14)28-22(31)32-17/h5-11H,1-4H3,(H2,24,30)(H,28,31)(H2,25,26,27,29). The van der Waals surface area contributed by atoms with Crippen LogP contribution in [0, 0.1) is 13.8 Å². The molecule has 4 rings (SSSR count). The summed E-state index contributed by atoms with van der Waals surface area (Å²) in [6, 6.07) is 10.7. The van der Waals surface area contributed by atoms with Crippen LogP contribution in [-0.2, 0) is 4.79 Å². The molecule has 0 aliphatic carbocycles. The van der Waals surface area contributed by atoms with Crippen molar-refractivity contribution in [1.29, 1.82) is 0 Å². The molecule has 0 bridgehead atoms. The summed E-state index contributed by atoms with van der Waals surface area (Å²) in [6.45, 7) is 7.00. The van der Waals surface area contributed by atoms with E-state index in [-0.39, 0.29) is 0 Å². The molecule has 5 N–H and O–H groups in total. The van der Waals surface area contributed by atoms with Gasteiger partial charge in [0, 0.05) is 29.2 Å². The van der Waals surface area contributed by atoms with Crippen LogP contribution in [0.15, 0.2) is 51.8 Å².